The molecule has 2 fully saturated rings. The minimum Gasteiger partial charge on any atom is -0.484 e. The number of nitrogens with zero attached hydrogens (tertiary/aromatic N) is 2. The van der Waals surface area contributed by atoms with Crippen molar-refractivity contribution in [3.8, 4) is 5.75 Å². The number of hydrogen-bond acceptors (Lipinski definition) is 5. The molecule has 2 aromatic carbocycles. The van der Waals surface area contributed by atoms with Gasteiger partial charge in [0.25, 0.3) is 0 Å². The third-order valence-electron chi connectivity index (χ3n) is 6.19. The number of aromatic carboxylic acids is 1. The number of rotatable bonds is 8. The fourth-order valence-electron chi connectivity index (χ4n) is 4.24. The smallest absolute Gasteiger partial charge is 0.335 e. The van der Waals surface area contributed by atoms with Crippen molar-refractivity contribution in [2.45, 2.75) is 38.3 Å². The molecule has 2 unspecified atom stereocenters. The number of halogens is 1. The first-order chi connectivity index (χ1) is 15.4. The first kappa shape index (κ1) is 22.5. The van der Waals surface area contributed by atoms with Gasteiger partial charge in [-0.05, 0) is 55.3 Å². The van der Waals surface area contributed by atoms with Crippen molar-refractivity contribution in [2.24, 2.45) is 0 Å². The van der Waals surface area contributed by atoms with Crippen LogP contribution in [-0.4, -0.2) is 65.4 Å². The van der Waals surface area contributed by atoms with Crippen LogP contribution >= 0.6 is 0 Å². The van der Waals surface area contributed by atoms with E-state index in [1.54, 1.807) is 25.1 Å². The average molecular weight is 441 g/mol. The van der Waals surface area contributed by atoms with Gasteiger partial charge in [0.2, 0.25) is 0 Å². The molecule has 6 nitrogen and oxygen atoms in total. The molecule has 32 heavy (non-hydrogen) atoms. The first-order valence-corrected chi connectivity index (χ1v) is 10.9. The number of benzene rings is 2. The van der Waals surface area contributed by atoms with Crippen LogP contribution in [0, 0.1) is 12.7 Å². The standard InChI is InChI=1S/C25H29FN2O4/c1-4-22-24(32-22)28-12-11-27(14-17(28)3)15-23(19-6-5-16(2)21(26)13-19)31-20-9-7-18(8-10-20)25(29)30/h4-10,13,17,22-24H,1,11-12,14-15H2,2-3H3,(H,29,30)/t17-,22?,23-,24?/m1/s1. The van der Waals surface area contributed by atoms with Crippen LogP contribution in [0.2, 0.25) is 0 Å². The fourth-order valence-corrected chi connectivity index (χ4v) is 4.24. The number of carbonyl (C=O) groups is 1. The fraction of sp³-hybridized carbons (Fsp3) is 0.400. The molecule has 0 spiro atoms. The molecule has 0 saturated carbocycles. The molecule has 0 aromatic heterocycles. The second kappa shape index (κ2) is 9.40. The monoisotopic (exact) mass is 440 g/mol. The van der Waals surface area contributed by atoms with Crippen molar-refractivity contribution < 1.29 is 23.8 Å². The minimum absolute atomic E-state index is 0.115. The van der Waals surface area contributed by atoms with Gasteiger partial charge in [-0.25, -0.2) is 9.18 Å². The highest BCUT2D eigenvalue weighted by atomic mass is 19.1. The van der Waals surface area contributed by atoms with Crippen molar-refractivity contribution in [3.05, 3.63) is 77.6 Å². The molecule has 0 radical (unpaired) electrons. The van der Waals surface area contributed by atoms with E-state index in [-0.39, 0.29) is 23.7 Å². The Hall–Kier alpha value is -2.74. The highest BCUT2D eigenvalue weighted by molar-refractivity contribution is 5.87. The largest absolute Gasteiger partial charge is 0.484 e. The topological polar surface area (TPSA) is 65.5 Å². The highest BCUT2D eigenvalue weighted by Crippen LogP contribution is 2.31. The molecule has 2 aliphatic heterocycles. The van der Waals surface area contributed by atoms with Crippen molar-refractivity contribution in [1.29, 1.82) is 0 Å². The van der Waals surface area contributed by atoms with Gasteiger partial charge in [-0.2, -0.15) is 0 Å². The molecule has 2 heterocycles. The normalized spacial score (nSPS) is 24.7. The van der Waals surface area contributed by atoms with Crippen LogP contribution in [0.15, 0.2) is 55.1 Å². The van der Waals surface area contributed by atoms with Gasteiger partial charge in [-0.3, -0.25) is 9.80 Å². The van der Waals surface area contributed by atoms with Gasteiger partial charge in [0.1, 0.15) is 30.0 Å². The number of hydrogen-bond donors (Lipinski definition) is 1. The van der Waals surface area contributed by atoms with E-state index in [9.17, 15) is 9.18 Å². The van der Waals surface area contributed by atoms with E-state index >= 15 is 0 Å². The molecule has 0 aliphatic carbocycles. The number of epoxide rings is 1. The van der Waals surface area contributed by atoms with E-state index < -0.39 is 12.1 Å². The van der Waals surface area contributed by atoms with Crippen LogP contribution in [0.4, 0.5) is 4.39 Å². The summed E-state index contributed by atoms with van der Waals surface area (Å²) in [4.78, 5) is 15.8. The molecule has 2 aromatic rings. The molecular weight excluding hydrogens is 411 g/mol. The molecule has 4 rings (SSSR count). The molecule has 2 saturated heterocycles. The molecule has 4 atom stereocenters. The van der Waals surface area contributed by atoms with Gasteiger partial charge >= 0.3 is 5.97 Å². The molecule has 170 valence electrons. The summed E-state index contributed by atoms with van der Waals surface area (Å²) in [7, 11) is 0. The summed E-state index contributed by atoms with van der Waals surface area (Å²) in [5.41, 5.74) is 1.53. The lowest BCUT2D eigenvalue weighted by molar-refractivity contribution is 0.0278. The third kappa shape index (κ3) is 5.01. The van der Waals surface area contributed by atoms with Crippen molar-refractivity contribution in [2.75, 3.05) is 26.2 Å². The highest BCUT2D eigenvalue weighted by Gasteiger charge is 2.44. The lowest BCUT2D eigenvalue weighted by Gasteiger charge is -2.40. The molecule has 2 aliphatic rings. The van der Waals surface area contributed by atoms with Gasteiger partial charge in [-0.1, -0.05) is 18.2 Å². The summed E-state index contributed by atoms with van der Waals surface area (Å²) in [6, 6.07) is 11.8. The molecule has 1 N–H and O–H groups in total. The average Bonchev–Trinajstić information content (AvgIpc) is 3.55. The number of ether oxygens (including phenoxy) is 2. The van der Waals surface area contributed by atoms with Crippen LogP contribution in [-0.2, 0) is 4.74 Å². The van der Waals surface area contributed by atoms with Crippen molar-refractivity contribution in [3.63, 3.8) is 0 Å². The van der Waals surface area contributed by atoms with E-state index in [1.165, 1.54) is 18.2 Å². The number of carboxylic acids is 1. The zero-order chi connectivity index (χ0) is 22.8. The van der Waals surface area contributed by atoms with E-state index in [1.807, 2.05) is 12.1 Å². The minimum atomic E-state index is -0.987. The Balaban J connectivity index is 1.48. The summed E-state index contributed by atoms with van der Waals surface area (Å²) in [5.74, 6) is -0.705. The maximum atomic E-state index is 14.3. The maximum Gasteiger partial charge on any atom is 0.335 e. The summed E-state index contributed by atoms with van der Waals surface area (Å²) in [6.07, 6.45) is 1.69. The van der Waals surface area contributed by atoms with Crippen molar-refractivity contribution >= 4 is 5.97 Å². The Kier molecular flexibility index (Phi) is 6.60. The van der Waals surface area contributed by atoms with Gasteiger partial charge in [0.15, 0.2) is 0 Å². The second-order valence-electron chi connectivity index (χ2n) is 8.52. The number of piperazine rings is 1. The Morgan fingerprint density at radius 3 is 2.66 bits per heavy atom. The van der Waals surface area contributed by atoms with E-state index in [2.05, 4.69) is 23.3 Å². The zero-order valence-corrected chi connectivity index (χ0v) is 18.4. The summed E-state index contributed by atoms with van der Waals surface area (Å²) in [6.45, 7) is 10.9. The Bertz CT molecular complexity index is 980. The van der Waals surface area contributed by atoms with Crippen LogP contribution in [0.25, 0.3) is 0 Å². The number of carboxylic acid groups (broad SMARTS) is 1. The summed E-state index contributed by atoms with van der Waals surface area (Å²) in [5, 5.41) is 9.12. The Labute approximate surface area is 187 Å². The van der Waals surface area contributed by atoms with Crippen LogP contribution in [0.1, 0.15) is 34.5 Å². The van der Waals surface area contributed by atoms with E-state index in [0.717, 1.165) is 25.2 Å². The first-order valence-electron chi connectivity index (χ1n) is 10.9. The Morgan fingerprint density at radius 2 is 2.06 bits per heavy atom. The molecular formula is C25H29FN2O4. The maximum absolute atomic E-state index is 14.3. The van der Waals surface area contributed by atoms with Gasteiger partial charge in [-0.15, -0.1) is 6.58 Å². The molecule has 7 heteroatoms. The van der Waals surface area contributed by atoms with Gasteiger partial charge in [0, 0.05) is 32.2 Å². The van der Waals surface area contributed by atoms with Crippen molar-refractivity contribution in [1.82, 2.24) is 9.80 Å². The zero-order valence-electron chi connectivity index (χ0n) is 18.4. The molecule has 0 amide bonds. The SMILES string of the molecule is C=CC1OC1N1CCN(C[C@@H](Oc2ccc(C(=O)O)cc2)c2ccc(C)c(F)c2)C[C@H]1C. The predicted molar refractivity (Wildman–Crippen MR) is 119 cm³/mol. The summed E-state index contributed by atoms with van der Waals surface area (Å²) < 4.78 is 26.2. The quantitative estimate of drug-likeness (QED) is 0.497. The third-order valence-corrected chi connectivity index (χ3v) is 6.19. The Morgan fingerprint density at radius 1 is 1.31 bits per heavy atom. The van der Waals surface area contributed by atoms with E-state index in [0.29, 0.717) is 23.9 Å². The van der Waals surface area contributed by atoms with E-state index in [4.69, 9.17) is 14.6 Å². The lowest BCUT2D eigenvalue weighted by Crippen LogP contribution is -2.54. The lowest BCUT2D eigenvalue weighted by atomic mass is 10.0. The van der Waals surface area contributed by atoms with Gasteiger partial charge < -0.3 is 14.6 Å². The number of aryl methyl sites for hydroxylation is 1. The van der Waals surface area contributed by atoms with Crippen LogP contribution < -0.4 is 4.74 Å². The van der Waals surface area contributed by atoms with Crippen LogP contribution in [0.3, 0.4) is 0 Å². The van der Waals surface area contributed by atoms with Crippen LogP contribution in [0.5, 0.6) is 5.75 Å². The molecule has 0 bridgehead atoms. The second-order valence-corrected chi connectivity index (χ2v) is 8.52. The predicted octanol–water partition coefficient (Wildman–Crippen LogP) is 3.87. The summed E-state index contributed by atoms with van der Waals surface area (Å²) >= 11 is 0. The van der Waals surface area contributed by atoms with Gasteiger partial charge in [0.05, 0.1) is 5.56 Å².